The van der Waals surface area contributed by atoms with E-state index in [0.29, 0.717) is 0 Å². The topological polar surface area (TPSA) is 49.4 Å². The minimum absolute atomic E-state index is 0.184. The van der Waals surface area contributed by atoms with Gasteiger partial charge >= 0.3 is 6.03 Å². The minimum atomic E-state index is -0.301. The predicted molar refractivity (Wildman–Crippen MR) is 63.5 cm³/mol. The molecule has 1 rings (SSSR count). The average molecular weight is 247 g/mol. The van der Waals surface area contributed by atoms with E-state index in [1.807, 2.05) is 13.8 Å². The van der Waals surface area contributed by atoms with Gasteiger partial charge in [-0.2, -0.15) is 0 Å². The zero-order valence-corrected chi connectivity index (χ0v) is 10.6. The summed E-state index contributed by atoms with van der Waals surface area (Å²) in [5.41, 5.74) is 0. The standard InChI is InChI=1S/C11H19ClN2O2/c1-8-4-3-5-9(2)14(8)11(16)13-10(15)6-7-12/h8-9H,3-7H2,1-2H3,(H,13,15,16)/t8-,9+. The quantitative estimate of drug-likeness (QED) is 0.759. The number of piperidine rings is 1. The molecule has 0 aromatic carbocycles. The van der Waals surface area contributed by atoms with E-state index in [1.54, 1.807) is 4.90 Å². The van der Waals surface area contributed by atoms with Crippen LogP contribution in [-0.2, 0) is 4.79 Å². The molecule has 0 radical (unpaired) electrons. The number of nitrogens with zero attached hydrogens (tertiary/aromatic N) is 1. The fraction of sp³-hybridized carbons (Fsp3) is 0.818. The summed E-state index contributed by atoms with van der Waals surface area (Å²) < 4.78 is 0. The lowest BCUT2D eigenvalue weighted by molar-refractivity contribution is -0.119. The summed E-state index contributed by atoms with van der Waals surface area (Å²) in [6.45, 7) is 4.03. The first-order valence-electron chi connectivity index (χ1n) is 5.74. The maximum atomic E-state index is 11.9. The molecule has 0 bridgehead atoms. The highest BCUT2D eigenvalue weighted by atomic mass is 35.5. The van der Waals surface area contributed by atoms with Crippen molar-refractivity contribution in [3.63, 3.8) is 0 Å². The van der Waals surface area contributed by atoms with E-state index in [4.69, 9.17) is 11.6 Å². The van der Waals surface area contributed by atoms with Crippen molar-refractivity contribution in [1.29, 1.82) is 0 Å². The molecule has 92 valence electrons. The second kappa shape index (κ2) is 6.09. The third-order valence-electron chi connectivity index (χ3n) is 3.00. The van der Waals surface area contributed by atoms with Crippen molar-refractivity contribution in [2.24, 2.45) is 0 Å². The number of likely N-dealkylation sites (tertiary alicyclic amines) is 1. The molecule has 0 saturated carbocycles. The van der Waals surface area contributed by atoms with E-state index in [-0.39, 0.29) is 36.3 Å². The van der Waals surface area contributed by atoms with Crippen LogP contribution in [0.2, 0.25) is 0 Å². The molecule has 3 amide bonds. The number of alkyl halides is 1. The van der Waals surface area contributed by atoms with Crippen LogP contribution in [0.25, 0.3) is 0 Å². The third kappa shape index (κ3) is 3.37. The van der Waals surface area contributed by atoms with Crippen molar-refractivity contribution in [3.8, 4) is 0 Å². The summed E-state index contributed by atoms with van der Waals surface area (Å²) in [7, 11) is 0. The number of rotatable bonds is 2. The van der Waals surface area contributed by atoms with Gasteiger partial charge in [0.1, 0.15) is 0 Å². The van der Waals surface area contributed by atoms with Gasteiger partial charge in [0.05, 0.1) is 0 Å². The highest BCUT2D eigenvalue weighted by molar-refractivity contribution is 6.19. The Balaban J connectivity index is 2.54. The molecule has 0 aromatic rings. The number of hydrogen-bond donors (Lipinski definition) is 1. The lowest BCUT2D eigenvalue weighted by atomic mass is 9.98. The molecule has 1 saturated heterocycles. The van der Waals surface area contributed by atoms with Crippen LogP contribution in [-0.4, -0.2) is 34.8 Å². The van der Waals surface area contributed by atoms with E-state index in [1.165, 1.54) is 0 Å². The molecule has 1 heterocycles. The zero-order chi connectivity index (χ0) is 12.1. The van der Waals surface area contributed by atoms with Gasteiger partial charge in [0.25, 0.3) is 0 Å². The summed E-state index contributed by atoms with van der Waals surface area (Å²) in [5, 5.41) is 2.38. The van der Waals surface area contributed by atoms with E-state index >= 15 is 0 Å². The van der Waals surface area contributed by atoms with Crippen LogP contribution < -0.4 is 5.32 Å². The Morgan fingerprint density at radius 2 is 1.88 bits per heavy atom. The molecule has 4 nitrogen and oxygen atoms in total. The molecule has 2 atom stereocenters. The lowest BCUT2D eigenvalue weighted by Gasteiger charge is -2.38. The number of carbonyl (C=O) groups is 2. The van der Waals surface area contributed by atoms with Crippen molar-refractivity contribution in [3.05, 3.63) is 0 Å². The Morgan fingerprint density at radius 3 is 2.38 bits per heavy atom. The number of hydrogen-bond acceptors (Lipinski definition) is 2. The molecule has 1 N–H and O–H groups in total. The highest BCUT2D eigenvalue weighted by Crippen LogP contribution is 2.22. The summed E-state index contributed by atoms with van der Waals surface area (Å²) in [6, 6.07) is 0.120. The molecule has 16 heavy (non-hydrogen) atoms. The van der Waals surface area contributed by atoms with Gasteiger partial charge in [-0.15, -0.1) is 11.6 Å². The molecule has 1 aliphatic rings. The number of carbonyl (C=O) groups excluding carboxylic acids is 2. The normalized spacial score (nSPS) is 25.3. The fourth-order valence-corrected chi connectivity index (χ4v) is 2.33. The molecular formula is C11H19ClN2O2. The molecule has 0 aliphatic carbocycles. The van der Waals surface area contributed by atoms with Gasteiger partial charge in [-0.25, -0.2) is 4.79 Å². The molecular weight excluding hydrogens is 228 g/mol. The molecule has 5 heteroatoms. The Bertz CT molecular complexity index is 261. The van der Waals surface area contributed by atoms with Crippen LogP contribution in [0.1, 0.15) is 39.5 Å². The molecule has 1 fully saturated rings. The maximum Gasteiger partial charge on any atom is 0.324 e. The number of imide groups is 1. The van der Waals surface area contributed by atoms with E-state index in [0.717, 1.165) is 19.3 Å². The Hall–Kier alpha value is -0.770. The fourth-order valence-electron chi connectivity index (χ4n) is 2.15. The zero-order valence-electron chi connectivity index (χ0n) is 9.83. The van der Waals surface area contributed by atoms with E-state index in [2.05, 4.69) is 5.32 Å². The third-order valence-corrected chi connectivity index (χ3v) is 3.18. The van der Waals surface area contributed by atoms with Gasteiger partial charge in [-0.05, 0) is 33.1 Å². The summed E-state index contributed by atoms with van der Waals surface area (Å²) in [5.74, 6) is -0.0607. The number of amides is 3. The largest absolute Gasteiger partial charge is 0.324 e. The Morgan fingerprint density at radius 1 is 1.31 bits per heavy atom. The molecule has 1 aliphatic heterocycles. The number of urea groups is 1. The highest BCUT2D eigenvalue weighted by Gasteiger charge is 2.29. The van der Waals surface area contributed by atoms with Gasteiger partial charge in [-0.3, -0.25) is 10.1 Å². The predicted octanol–water partition coefficient (Wildman–Crippen LogP) is 2.11. The first kappa shape index (κ1) is 13.3. The average Bonchev–Trinajstić information content (AvgIpc) is 2.17. The van der Waals surface area contributed by atoms with Crippen molar-refractivity contribution in [2.75, 3.05) is 5.88 Å². The Kier molecular flexibility index (Phi) is 5.06. The molecule has 0 aromatic heterocycles. The van der Waals surface area contributed by atoms with Gasteiger partial charge in [0, 0.05) is 24.4 Å². The van der Waals surface area contributed by atoms with Crippen molar-refractivity contribution >= 4 is 23.5 Å². The lowest BCUT2D eigenvalue weighted by Crippen LogP contribution is -2.53. The minimum Gasteiger partial charge on any atom is -0.319 e. The van der Waals surface area contributed by atoms with Crippen molar-refractivity contribution in [1.82, 2.24) is 10.2 Å². The Labute approximate surface area is 101 Å². The van der Waals surface area contributed by atoms with Crippen LogP contribution in [0.5, 0.6) is 0 Å². The first-order valence-corrected chi connectivity index (χ1v) is 6.27. The van der Waals surface area contributed by atoms with Crippen LogP contribution in [0, 0.1) is 0 Å². The summed E-state index contributed by atoms with van der Waals surface area (Å²) >= 11 is 5.44. The van der Waals surface area contributed by atoms with Gasteiger partial charge in [0.15, 0.2) is 0 Å². The second-order valence-electron chi connectivity index (χ2n) is 4.33. The number of nitrogens with one attached hydrogen (secondary N) is 1. The smallest absolute Gasteiger partial charge is 0.319 e. The molecule has 0 unspecified atom stereocenters. The van der Waals surface area contributed by atoms with E-state index < -0.39 is 0 Å². The monoisotopic (exact) mass is 246 g/mol. The SMILES string of the molecule is C[C@@H]1CCC[C@H](C)N1C(=O)NC(=O)CCCl. The summed E-state index contributed by atoms with van der Waals surface area (Å²) in [4.78, 5) is 24.9. The number of halogens is 1. The summed E-state index contributed by atoms with van der Waals surface area (Å²) in [6.07, 6.45) is 3.33. The van der Waals surface area contributed by atoms with E-state index in [9.17, 15) is 9.59 Å². The van der Waals surface area contributed by atoms with Crippen molar-refractivity contribution < 1.29 is 9.59 Å². The van der Waals surface area contributed by atoms with Gasteiger partial charge < -0.3 is 4.90 Å². The van der Waals surface area contributed by atoms with Crippen LogP contribution in [0.4, 0.5) is 4.79 Å². The van der Waals surface area contributed by atoms with Crippen molar-refractivity contribution in [2.45, 2.75) is 51.6 Å². The maximum absolute atomic E-state index is 11.9. The van der Waals surface area contributed by atoms with Gasteiger partial charge in [-0.1, -0.05) is 0 Å². The van der Waals surface area contributed by atoms with Crippen LogP contribution >= 0.6 is 11.6 Å². The second-order valence-corrected chi connectivity index (χ2v) is 4.71. The first-order chi connectivity index (χ1) is 7.56. The van der Waals surface area contributed by atoms with Gasteiger partial charge in [0.2, 0.25) is 5.91 Å². The van der Waals surface area contributed by atoms with Crippen LogP contribution in [0.15, 0.2) is 0 Å². The molecule has 0 spiro atoms. The van der Waals surface area contributed by atoms with Crippen LogP contribution in [0.3, 0.4) is 0 Å².